The van der Waals surface area contributed by atoms with E-state index in [0.717, 1.165) is 38.5 Å². The maximum Gasteiger partial charge on any atom is 0.234 e. The molecule has 7 rings (SSSR count). The van der Waals surface area contributed by atoms with Crippen molar-refractivity contribution in [2.24, 2.45) is 35.5 Å². The first-order valence-corrected chi connectivity index (χ1v) is 11.0. The maximum absolute atomic E-state index is 12.7. The number of fused-ring (bicyclic) bond motifs is 6. The van der Waals surface area contributed by atoms with E-state index in [1.807, 2.05) is 0 Å². The average Bonchev–Trinajstić information content (AvgIpc) is 2.75. The van der Waals surface area contributed by atoms with Gasteiger partial charge < -0.3 is 0 Å². The van der Waals surface area contributed by atoms with Crippen molar-refractivity contribution < 1.29 is 9.59 Å². The molecule has 6 fully saturated rings. The quantitative estimate of drug-likeness (QED) is 0.830. The summed E-state index contributed by atoms with van der Waals surface area (Å²) in [5.41, 5.74) is 0. The minimum Gasteiger partial charge on any atom is -0.294 e. The molecule has 1 aromatic rings. The number of nitrogens with zero attached hydrogens (tertiary/aromatic N) is 3. The van der Waals surface area contributed by atoms with E-state index in [1.54, 1.807) is 0 Å². The summed E-state index contributed by atoms with van der Waals surface area (Å²) in [4.78, 5) is 37.9. The Bertz CT molecular complexity index is 694. The lowest BCUT2D eigenvalue weighted by atomic mass is 9.64. The zero-order valence-corrected chi connectivity index (χ0v) is 16.3. The predicted molar refractivity (Wildman–Crippen MR) is 104 cm³/mol. The van der Waals surface area contributed by atoms with Crippen LogP contribution in [0, 0.1) is 35.5 Å². The molecular weight excluding hydrogens is 354 g/mol. The minimum atomic E-state index is 0.0162. The number of anilines is 2. The molecule has 0 spiro atoms. The zero-order chi connectivity index (χ0) is 19.1. The fraction of sp³-hybridized carbons (Fsp3) is 0.762. The summed E-state index contributed by atoms with van der Waals surface area (Å²) in [6, 6.07) is 0. The van der Waals surface area contributed by atoms with Crippen molar-refractivity contribution in [2.45, 2.75) is 64.2 Å². The van der Waals surface area contributed by atoms with Crippen molar-refractivity contribution in [3.63, 3.8) is 0 Å². The molecule has 2 atom stereocenters. The van der Waals surface area contributed by atoms with Crippen LogP contribution in [-0.4, -0.2) is 26.8 Å². The standard InChI is InChI=1S/C21H29N5O2/c27-18(16-9-12-1-5-14(16)6-2-12)24-20-22-11-23-21(26-20)25-19(28)17-10-13-3-7-15(17)8-4-13/h11-17H,1-10H2,(H2,22,23,24,25,26,27,28). The number of carbonyl (C=O) groups is 2. The summed E-state index contributed by atoms with van der Waals surface area (Å²) in [5, 5.41) is 5.73. The molecule has 4 bridgehead atoms. The molecule has 2 unspecified atom stereocenters. The third-order valence-corrected chi connectivity index (χ3v) is 7.81. The Labute approximate surface area is 165 Å². The van der Waals surface area contributed by atoms with Crippen molar-refractivity contribution in [1.29, 1.82) is 0 Å². The van der Waals surface area contributed by atoms with Crippen molar-refractivity contribution in [2.75, 3.05) is 10.6 Å². The van der Waals surface area contributed by atoms with Gasteiger partial charge in [-0.3, -0.25) is 20.2 Å². The van der Waals surface area contributed by atoms with E-state index in [9.17, 15) is 9.59 Å². The predicted octanol–water partition coefficient (Wildman–Crippen LogP) is 3.40. The van der Waals surface area contributed by atoms with E-state index in [4.69, 9.17) is 0 Å². The maximum atomic E-state index is 12.7. The third kappa shape index (κ3) is 3.51. The Morgan fingerprint density at radius 2 is 1.14 bits per heavy atom. The van der Waals surface area contributed by atoms with Crippen LogP contribution in [-0.2, 0) is 9.59 Å². The van der Waals surface area contributed by atoms with Gasteiger partial charge in [0.15, 0.2) is 0 Å². The molecule has 0 aromatic carbocycles. The molecular formula is C21H29N5O2. The van der Waals surface area contributed by atoms with Gasteiger partial charge in [-0.05, 0) is 62.2 Å². The fourth-order valence-electron chi connectivity index (χ4n) is 6.22. The van der Waals surface area contributed by atoms with Gasteiger partial charge in [0.1, 0.15) is 6.33 Å². The van der Waals surface area contributed by atoms with Gasteiger partial charge in [0.2, 0.25) is 23.7 Å². The first-order valence-electron chi connectivity index (χ1n) is 11.0. The highest BCUT2D eigenvalue weighted by atomic mass is 16.2. The smallest absolute Gasteiger partial charge is 0.234 e. The van der Waals surface area contributed by atoms with Crippen LogP contribution in [0.2, 0.25) is 0 Å². The second-order valence-electron chi connectivity index (χ2n) is 9.36. The molecule has 6 aliphatic rings. The molecule has 7 nitrogen and oxygen atoms in total. The van der Waals surface area contributed by atoms with Gasteiger partial charge in [0, 0.05) is 11.8 Å². The highest BCUT2D eigenvalue weighted by Crippen LogP contribution is 2.46. The highest BCUT2D eigenvalue weighted by molar-refractivity contribution is 5.93. The third-order valence-electron chi connectivity index (χ3n) is 7.81. The van der Waals surface area contributed by atoms with Gasteiger partial charge in [-0.2, -0.15) is 4.98 Å². The molecule has 1 aromatic heterocycles. The molecule has 0 saturated heterocycles. The van der Waals surface area contributed by atoms with E-state index in [0.29, 0.717) is 23.7 Å². The fourth-order valence-corrected chi connectivity index (χ4v) is 6.22. The molecule has 6 aliphatic carbocycles. The normalized spacial score (nSPS) is 36.1. The Morgan fingerprint density at radius 1 is 0.714 bits per heavy atom. The lowest BCUT2D eigenvalue weighted by molar-refractivity contribution is -0.125. The number of hydrogen-bond donors (Lipinski definition) is 2. The van der Waals surface area contributed by atoms with Crippen LogP contribution in [0.1, 0.15) is 64.2 Å². The van der Waals surface area contributed by atoms with Crippen LogP contribution in [0.5, 0.6) is 0 Å². The second kappa shape index (κ2) is 7.41. The van der Waals surface area contributed by atoms with Crippen LogP contribution in [0.3, 0.4) is 0 Å². The molecule has 7 heteroatoms. The van der Waals surface area contributed by atoms with Gasteiger partial charge in [-0.15, -0.1) is 0 Å². The summed E-state index contributed by atoms with van der Waals surface area (Å²) in [6.07, 6.45) is 13.0. The highest BCUT2D eigenvalue weighted by Gasteiger charge is 2.40. The minimum absolute atomic E-state index is 0.0162. The molecule has 0 aliphatic heterocycles. The van der Waals surface area contributed by atoms with Crippen LogP contribution >= 0.6 is 0 Å². The zero-order valence-electron chi connectivity index (χ0n) is 16.3. The molecule has 2 N–H and O–H groups in total. The topological polar surface area (TPSA) is 96.9 Å². The van der Waals surface area contributed by atoms with Crippen molar-refractivity contribution in [3.8, 4) is 0 Å². The molecule has 150 valence electrons. The van der Waals surface area contributed by atoms with Gasteiger partial charge in [0.25, 0.3) is 0 Å². The Hall–Kier alpha value is -2.05. The van der Waals surface area contributed by atoms with Crippen molar-refractivity contribution in [1.82, 2.24) is 15.0 Å². The van der Waals surface area contributed by atoms with E-state index < -0.39 is 0 Å². The number of hydrogen-bond acceptors (Lipinski definition) is 5. The van der Waals surface area contributed by atoms with E-state index >= 15 is 0 Å². The summed E-state index contributed by atoms with van der Waals surface area (Å²) in [6.45, 7) is 0. The molecule has 2 amide bonds. The molecule has 6 saturated carbocycles. The van der Waals surface area contributed by atoms with Gasteiger partial charge >= 0.3 is 0 Å². The molecule has 28 heavy (non-hydrogen) atoms. The summed E-state index contributed by atoms with van der Waals surface area (Å²) >= 11 is 0. The molecule has 0 radical (unpaired) electrons. The van der Waals surface area contributed by atoms with E-state index in [1.165, 1.54) is 32.0 Å². The SMILES string of the molecule is O=C(Nc1ncnc(NC(=O)C2CC3CCC2CC3)n1)C1CC2CCC1CC2. The van der Waals surface area contributed by atoms with Gasteiger partial charge in [-0.1, -0.05) is 25.7 Å². The van der Waals surface area contributed by atoms with E-state index in [-0.39, 0.29) is 35.5 Å². The number of nitrogens with one attached hydrogen (secondary N) is 2. The Balaban J connectivity index is 1.21. The van der Waals surface area contributed by atoms with Crippen LogP contribution in [0.4, 0.5) is 11.9 Å². The second-order valence-corrected chi connectivity index (χ2v) is 9.36. The van der Waals surface area contributed by atoms with Crippen molar-refractivity contribution in [3.05, 3.63) is 6.33 Å². The summed E-state index contributed by atoms with van der Waals surface area (Å²) in [7, 11) is 0. The van der Waals surface area contributed by atoms with Gasteiger partial charge in [-0.25, -0.2) is 9.97 Å². The van der Waals surface area contributed by atoms with Crippen LogP contribution in [0.15, 0.2) is 6.33 Å². The Kier molecular flexibility index (Phi) is 4.77. The average molecular weight is 383 g/mol. The number of carbonyl (C=O) groups excluding carboxylic acids is 2. The lowest BCUT2D eigenvalue weighted by Crippen LogP contribution is -2.39. The number of amides is 2. The first kappa shape index (κ1) is 18.0. The largest absolute Gasteiger partial charge is 0.294 e. The monoisotopic (exact) mass is 383 g/mol. The Morgan fingerprint density at radius 3 is 1.50 bits per heavy atom. The van der Waals surface area contributed by atoms with Gasteiger partial charge in [0.05, 0.1) is 0 Å². The number of rotatable bonds is 4. The van der Waals surface area contributed by atoms with Crippen LogP contribution in [0.25, 0.3) is 0 Å². The first-order chi connectivity index (χ1) is 13.7. The number of aromatic nitrogens is 3. The summed E-state index contributed by atoms with van der Waals surface area (Å²) in [5.74, 6) is 3.02. The summed E-state index contributed by atoms with van der Waals surface area (Å²) < 4.78 is 0. The van der Waals surface area contributed by atoms with Crippen LogP contribution < -0.4 is 10.6 Å². The lowest BCUT2D eigenvalue weighted by Gasteiger charge is -2.41. The molecule has 1 heterocycles. The van der Waals surface area contributed by atoms with Crippen molar-refractivity contribution >= 4 is 23.7 Å². The van der Waals surface area contributed by atoms with E-state index in [2.05, 4.69) is 25.6 Å².